The van der Waals surface area contributed by atoms with Crippen molar-refractivity contribution in [2.24, 2.45) is 0 Å². The summed E-state index contributed by atoms with van der Waals surface area (Å²) in [5, 5.41) is 11.6. The highest BCUT2D eigenvalue weighted by atomic mass is 16.5. The third-order valence-corrected chi connectivity index (χ3v) is 1.75. The Bertz CT molecular complexity index is 384. The van der Waals surface area contributed by atoms with Gasteiger partial charge in [-0.3, -0.25) is 4.79 Å². The van der Waals surface area contributed by atoms with Gasteiger partial charge in [0.15, 0.2) is 0 Å². The molecule has 1 aromatic heterocycles. The highest BCUT2D eigenvalue weighted by Crippen LogP contribution is 2.05. The van der Waals surface area contributed by atoms with Crippen LogP contribution in [-0.2, 0) is 9.53 Å². The van der Waals surface area contributed by atoms with Gasteiger partial charge in [0.25, 0.3) is 0 Å². The maximum absolute atomic E-state index is 10.8. The van der Waals surface area contributed by atoms with E-state index in [2.05, 4.69) is 15.0 Å². The van der Waals surface area contributed by atoms with Crippen LogP contribution in [-0.4, -0.2) is 24.6 Å². The summed E-state index contributed by atoms with van der Waals surface area (Å²) >= 11 is 0. The van der Waals surface area contributed by atoms with E-state index >= 15 is 0 Å². The summed E-state index contributed by atoms with van der Waals surface area (Å²) in [5.74, 6) is 0.303. The highest BCUT2D eigenvalue weighted by molar-refractivity contribution is 5.69. The van der Waals surface area contributed by atoms with Gasteiger partial charge in [-0.2, -0.15) is 5.26 Å². The molecule has 15 heavy (non-hydrogen) atoms. The minimum atomic E-state index is -0.279. The van der Waals surface area contributed by atoms with Crippen molar-refractivity contribution < 1.29 is 9.53 Å². The monoisotopic (exact) mass is 205 g/mol. The molecule has 1 heterocycles. The summed E-state index contributed by atoms with van der Waals surface area (Å²) in [6.45, 7) is 0.439. The van der Waals surface area contributed by atoms with Crippen LogP contribution >= 0.6 is 0 Å². The lowest BCUT2D eigenvalue weighted by atomic mass is 10.3. The molecule has 5 heteroatoms. The molecule has 0 spiro atoms. The number of carbonyl (C=O) groups excluding carboxylic acids is 1. The zero-order chi connectivity index (χ0) is 11.1. The molecule has 0 fully saturated rings. The van der Waals surface area contributed by atoms with Gasteiger partial charge < -0.3 is 10.1 Å². The molecule has 0 atom stereocenters. The topological polar surface area (TPSA) is 75.0 Å². The zero-order valence-corrected chi connectivity index (χ0v) is 8.36. The van der Waals surface area contributed by atoms with Crippen molar-refractivity contribution >= 4 is 11.8 Å². The van der Waals surface area contributed by atoms with Gasteiger partial charge in [0.2, 0.25) is 0 Å². The highest BCUT2D eigenvalue weighted by Gasteiger charge is 2.00. The number of rotatable bonds is 4. The second kappa shape index (κ2) is 5.60. The Morgan fingerprint density at radius 3 is 3.20 bits per heavy atom. The SMILES string of the molecule is COC(=O)CCNc1cc(C#N)ccn1. The number of pyridine rings is 1. The lowest BCUT2D eigenvalue weighted by Gasteiger charge is -2.03. The first-order valence-electron chi connectivity index (χ1n) is 4.43. The van der Waals surface area contributed by atoms with Crippen molar-refractivity contribution in [2.75, 3.05) is 19.0 Å². The van der Waals surface area contributed by atoms with Gasteiger partial charge in [-0.15, -0.1) is 0 Å². The van der Waals surface area contributed by atoms with Gasteiger partial charge >= 0.3 is 5.97 Å². The van der Waals surface area contributed by atoms with Crippen LogP contribution < -0.4 is 5.32 Å². The van der Waals surface area contributed by atoms with Crippen molar-refractivity contribution in [1.29, 1.82) is 5.26 Å². The Balaban J connectivity index is 2.44. The second-order valence-electron chi connectivity index (χ2n) is 2.79. The third kappa shape index (κ3) is 3.65. The largest absolute Gasteiger partial charge is 0.469 e. The molecule has 1 aromatic rings. The molecule has 0 aromatic carbocycles. The summed E-state index contributed by atoms with van der Waals surface area (Å²) in [6, 6.07) is 5.24. The van der Waals surface area contributed by atoms with Gasteiger partial charge in [-0.05, 0) is 12.1 Å². The van der Waals surface area contributed by atoms with Crippen LogP contribution in [0.15, 0.2) is 18.3 Å². The first kappa shape index (κ1) is 11.0. The first-order chi connectivity index (χ1) is 7.26. The van der Waals surface area contributed by atoms with Crippen molar-refractivity contribution in [3.63, 3.8) is 0 Å². The molecule has 1 rings (SSSR count). The molecule has 0 saturated carbocycles. The molecular formula is C10H11N3O2. The Kier molecular flexibility index (Phi) is 4.10. The van der Waals surface area contributed by atoms with Crippen molar-refractivity contribution in [2.45, 2.75) is 6.42 Å². The fourth-order valence-corrected chi connectivity index (χ4v) is 0.991. The molecule has 0 aliphatic heterocycles. The molecule has 0 bridgehead atoms. The maximum atomic E-state index is 10.8. The number of nitrogens with one attached hydrogen (secondary N) is 1. The normalized spacial score (nSPS) is 9.07. The smallest absolute Gasteiger partial charge is 0.307 e. The molecule has 0 aliphatic rings. The van der Waals surface area contributed by atoms with Crippen LogP contribution in [0.25, 0.3) is 0 Å². The fraction of sp³-hybridized carbons (Fsp3) is 0.300. The Labute approximate surface area is 87.7 Å². The number of ether oxygens (including phenoxy) is 1. The Hall–Kier alpha value is -2.09. The predicted octanol–water partition coefficient (Wildman–Crippen LogP) is 0.928. The molecule has 0 radical (unpaired) electrons. The minimum Gasteiger partial charge on any atom is -0.469 e. The summed E-state index contributed by atoms with van der Waals surface area (Å²) < 4.78 is 4.48. The van der Waals surface area contributed by atoms with Crippen molar-refractivity contribution in [3.05, 3.63) is 23.9 Å². The van der Waals surface area contributed by atoms with Crippen molar-refractivity contribution in [1.82, 2.24) is 4.98 Å². The second-order valence-corrected chi connectivity index (χ2v) is 2.79. The van der Waals surface area contributed by atoms with E-state index in [1.165, 1.54) is 7.11 Å². The number of anilines is 1. The quantitative estimate of drug-likeness (QED) is 0.740. The first-order valence-corrected chi connectivity index (χ1v) is 4.43. The van der Waals surface area contributed by atoms with Crippen LogP contribution in [0, 0.1) is 11.3 Å². The molecule has 5 nitrogen and oxygen atoms in total. The number of hydrogen-bond donors (Lipinski definition) is 1. The lowest BCUT2D eigenvalue weighted by Crippen LogP contribution is -2.10. The lowest BCUT2D eigenvalue weighted by molar-refractivity contribution is -0.140. The van der Waals surface area contributed by atoms with E-state index in [-0.39, 0.29) is 12.4 Å². The summed E-state index contributed by atoms with van der Waals surface area (Å²) in [7, 11) is 1.34. The van der Waals surface area contributed by atoms with E-state index in [9.17, 15) is 4.79 Å². The number of esters is 1. The minimum absolute atomic E-state index is 0.273. The van der Waals surface area contributed by atoms with Crippen LogP contribution in [0.2, 0.25) is 0 Å². The molecule has 0 amide bonds. The van der Waals surface area contributed by atoms with Gasteiger partial charge in [0.1, 0.15) is 5.82 Å². The Morgan fingerprint density at radius 1 is 1.73 bits per heavy atom. The van der Waals surface area contributed by atoms with Crippen molar-refractivity contribution in [3.8, 4) is 6.07 Å². The fourth-order valence-electron chi connectivity index (χ4n) is 0.991. The van der Waals surface area contributed by atoms with Crippen LogP contribution in [0.1, 0.15) is 12.0 Å². The average molecular weight is 205 g/mol. The van der Waals surface area contributed by atoms with E-state index in [1.807, 2.05) is 6.07 Å². The molecule has 0 saturated heterocycles. The van der Waals surface area contributed by atoms with E-state index < -0.39 is 0 Å². The van der Waals surface area contributed by atoms with Gasteiger partial charge in [0.05, 0.1) is 25.2 Å². The third-order valence-electron chi connectivity index (χ3n) is 1.75. The standard InChI is InChI=1S/C10H11N3O2/c1-15-10(14)3-5-13-9-6-8(7-11)2-4-12-9/h2,4,6H,3,5H2,1H3,(H,12,13). The van der Waals surface area contributed by atoms with Crippen LogP contribution in [0.4, 0.5) is 5.82 Å². The summed E-state index contributed by atoms with van der Waals surface area (Å²) in [6.07, 6.45) is 1.81. The number of methoxy groups -OCH3 is 1. The molecular weight excluding hydrogens is 194 g/mol. The zero-order valence-electron chi connectivity index (χ0n) is 8.36. The number of nitriles is 1. The number of carbonyl (C=O) groups is 1. The Morgan fingerprint density at radius 2 is 2.53 bits per heavy atom. The summed E-state index contributed by atoms with van der Waals surface area (Å²) in [4.78, 5) is 14.8. The molecule has 78 valence electrons. The predicted molar refractivity (Wildman–Crippen MR) is 54.1 cm³/mol. The summed E-state index contributed by atoms with van der Waals surface area (Å²) in [5.41, 5.74) is 0.533. The number of aromatic nitrogens is 1. The van der Waals surface area contributed by atoms with E-state index in [0.717, 1.165) is 0 Å². The maximum Gasteiger partial charge on any atom is 0.307 e. The van der Waals surface area contributed by atoms with Gasteiger partial charge in [-0.1, -0.05) is 0 Å². The number of hydrogen-bond acceptors (Lipinski definition) is 5. The van der Waals surface area contributed by atoms with Gasteiger partial charge in [0, 0.05) is 12.7 Å². The van der Waals surface area contributed by atoms with E-state index in [4.69, 9.17) is 5.26 Å². The molecule has 0 aliphatic carbocycles. The van der Waals surface area contributed by atoms with Gasteiger partial charge in [-0.25, -0.2) is 4.98 Å². The average Bonchev–Trinajstić information content (AvgIpc) is 2.29. The van der Waals surface area contributed by atoms with Crippen LogP contribution in [0.5, 0.6) is 0 Å². The molecule has 0 unspecified atom stereocenters. The van der Waals surface area contributed by atoms with E-state index in [1.54, 1.807) is 18.3 Å². The molecule has 1 N–H and O–H groups in total. The van der Waals surface area contributed by atoms with E-state index in [0.29, 0.717) is 17.9 Å². The van der Waals surface area contributed by atoms with Crippen LogP contribution in [0.3, 0.4) is 0 Å². The number of nitrogens with zero attached hydrogens (tertiary/aromatic N) is 2.